The molecule has 0 aromatic carbocycles. The second-order valence-corrected chi connectivity index (χ2v) is 4.96. The van der Waals surface area contributed by atoms with Crippen molar-refractivity contribution in [3.63, 3.8) is 0 Å². The lowest BCUT2D eigenvalue weighted by Gasteiger charge is -2.14. The number of rotatable bonds is 1. The summed E-state index contributed by atoms with van der Waals surface area (Å²) >= 11 is 0. The highest BCUT2D eigenvalue weighted by molar-refractivity contribution is 7.52. The van der Waals surface area contributed by atoms with E-state index in [-0.39, 0.29) is 0 Å². The summed E-state index contributed by atoms with van der Waals surface area (Å²) < 4.78 is 10.8. The Hall–Kier alpha value is 0.150. The molecule has 1 fully saturated rings. The largest absolute Gasteiger partial charge is 0.328 e. The fourth-order valence-corrected chi connectivity index (χ4v) is 2.34. The summed E-state index contributed by atoms with van der Waals surface area (Å²) in [5.74, 6) is 0. The molecule has 0 heterocycles. The molecule has 1 aliphatic carbocycles. The molecule has 1 aliphatic rings. The van der Waals surface area contributed by atoms with Gasteiger partial charge in [0.2, 0.25) is 0 Å². The number of hydrogen-bond acceptors (Lipinski definition) is 1. The van der Waals surface area contributed by atoms with Crippen LogP contribution in [-0.2, 0) is 4.57 Å². The van der Waals surface area contributed by atoms with Gasteiger partial charge in [0.05, 0.1) is 5.66 Å². The van der Waals surface area contributed by atoms with E-state index < -0.39 is 13.3 Å². The van der Waals surface area contributed by atoms with Crippen molar-refractivity contribution in [3.8, 4) is 0 Å². The van der Waals surface area contributed by atoms with Gasteiger partial charge in [-0.05, 0) is 19.3 Å². The molecular formula is C7H14O3P. The minimum absolute atomic E-state index is 0.398. The first-order valence-corrected chi connectivity index (χ1v) is 5.66. The van der Waals surface area contributed by atoms with E-state index >= 15 is 0 Å². The molecule has 3 nitrogen and oxygen atoms in total. The van der Waals surface area contributed by atoms with E-state index in [0.29, 0.717) is 12.8 Å². The molecule has 0 aromatic rings. The molecule has 0 saturated heterocycles. The molecule has 1 radical (unpaired) electrons. The molecule has 0 aromatic heterocycles. The van der Waals surface area contributed by atoms with Crippen LogP contribution in [0.3, 0.4) is 0 Å². The van der Waals surface area contributed by atoms with E-state index in [1.807, 2.05) is 6.42 Å². The molecule has 4 heteroatoms. The van der Waals surface area contributed by atoms with Crippen molar-refractivity contribution in [2.24, 2.45) is 0 Å². The van der Waals surface area contributed by atoms with Crippen molar-refractivity contribution in [3.05, 3.63) is 6.42 Å². The normalized spacial score (nSPS) is 23.1. The summed E-state index contributed by atoms with van der Waals surface area (Å²) in [5, 5.41) is 0. The van der Waals surface area contributed by atoms with Crippen LogP contribution in [0.5, 0.6) is 0 Å². The molecular weight excluding hydrogens is 163 g/mol. The zero-order chi connectivity index (χ0) is 8.32. The molecule has 0 spiro atoms. The van der Waals surface area contributed by atoms with E-state index in [1.54, 1.807) is 0 Å². The van der Waals surface area contributed by atoms with Gasteiger partial charge in [-0.15, -0.1) is 0 Å². The summed E-state index contributed by atoms with van der Waals surface area (Å²) in [6, 6.07) is 0. The van der Waals surface area contributed by atoms with Gasteiger partial charge in [0.25, 0.3) is 0 Å². The van der Waals surface area contributed by atoms with Crippen LogP contribution in [0.25, 0.3) is 0 Å². The first-order valence-electron chi connectivity index (χ1n) is 3.97. The van der Waals surface area contributed by atoms with E-state index in [1.165, 1.54) is 0 Å². The maximum absolute atomic E-state index is 10.8. The van der Waals surface area contributed by atoms with Gasteiger partial charge in [-0.1, -0.05) is 19.3 Å². The van der Waals surface area contributed by atoms with Crippen LogP contribution in [-0.4, -0.2) is 15.4 Å². The quantitative estimate of drug-likeness (QED) is 0.473. The molecule has 0 amide bonds. The van der Waals surface area contributed by atoms with Crippen LogP contribution in [0.2, 0.25) is 0 Å². The zero-order valence-corrected chi connectivity index (χ0v) is 7.33. The summed E-state index contributed by atoms with van der Waals surface area (Å²) in [7, 11) is -3.80. The van der Waals surface area contributed by atoms with Crippen LogP contribution in [0.1, 0.15) is 32.1 Å². The van der Waals surface area contributed by atoms with Crippen LogP contribution in [0.4, 0.5) is 0 Å². The first-order chi connectivity index (χ1) is 5.11. The molecule has 2 N–H and O–H groups in total. The average Bonchev–Trinajstić information content (AvgIpc) is 2.10. The van der Waals surface area contributed by atoms with Crippen LogP contribution < -0.4 is 0 Å². The Kier molecular flexibility index (Phi) is 3.11. The summed E-state index contributed by atoms with van der Waals surface area (Å²) in [6.45, 7) is 0. The minimum Gasteiger partial charge on any atom is -0.324 e. The topological polar surface area (TPSA) is 57.5 Å². The third-order valence-corrected chi connectivity index (χ3v) is 3.53. The smallest absolute Gasteiger partial charge is 0.324 e. The minimum atomic E-state index is -3.80. The fourth-order valence-electron chi connectivity index (χ4n) is 1.40. The molecule has 1 atom stereocenters. The Morgan fingerprint density at radius 1 is 1.36 bits per heavy atom. The van der Waals surface area contributed by atoms with Gasteiger partial charge in [-0.2, -0.15) is 0 Å². The van der Waals surface area contributed by atoms with Crippen molar-refractivity contribution in [1.29, 1.82) is 0 Å². The van der Waals surface area contributed by atoms with Crippen molar-refractivity contribution in [1.82, 2.24) is 0 Å². The van der Waals surface area contributed by atoms with E-state index in [2.05, 4.69) is 0 Å². The molecule has 11 heavy (non-hydrogen) atoms. The summed E-state index contributed by atoms with van der Waals surface area (Å²) in [5.41, 5.74) is -0.398. The van der Waals surface area contributed by atoms with E-state index in [9.17, 15) is 4.57 Å². The van der Waals surface area contributed by atoms with Crippen LogP contribution >= 0.6 is 7.60 Å². The van der Waals surface area contributed by atoms with Crippen molar-refractivity contribution >= 4 is 7.60 Å². The monoisotopic (exact) mass is 177 g/mol. The van der Waals surface area contributed by atoms with Crippen molar-refractivity contribution < 1.29 is 14.4 Å². The van der Waals surface area contributed by atoms with Gasteiger partial charge in [0.15, 0.2) is 0 Å². The van der Waals surface area contributed by atoms with Crippen LogP contribution in [0, 0.1) is 6.42 Å². The lowest BCUT2D eigenvalue weighted by atomic mass is 10.2. The Balaban J connectivity index is 2.49. The Bertz CT molecular complexity index is 155. The summed E-state index contributed by atoms with van der Waals surface area (Å²) in [6.07, 6.45) is 6.31. The molecule has 65 valence electrons. The lowest BCUT2D eigenvalue weighted by molar-refractivity contribution is 0.353. The third-order valence-electron chi connectivity index (χ3n) is 2.11. The van der Waals surface area contributed by atoms with Gasteiger partial charge in [0, 0.05) is 0 Å². The van der Waals surface area contributed by atoms with Gasteiger partial charge < -0.3 is 9.79 Å². The molecule has 1 saturated carbocycles. The lowest BCUT2D eigenvalue weighted by Crippen LogP contribution is -2.06. The number of hydrogen-bond donors (Lipinski definition) is 2. The maximum Gasteiger partial charge on any atom is 0.328 e. The molecule has 0 bridgehead atoms. The van der Waals surface area contributed by atoms with Gasteiger partial charge >= 0.3 is 7.60 Å². The van der Waals surface area contributed by atoms with Gasteiger partial charge in [-0.25, -0.2) is 0 Å². The molecule has 0 aliphatic heterocycles. The Morgan fingerprint density at radius 3 is 2.73 bits per heavy atom. The third kappa shape index (κ3) is 2.94. The van der Waals surface area contributed by atoms with E-state index in [0.717, 1.165) is 19.3 Å². The second-order valence-electron chi connectivity index (χ2n) is 3.05. The van der Waals surface area contributed by atoms with Crippen molar-refractivity contribution in [2.45, 2.75) is 37.8 Å². The van der Waals surface area contributed by atoms with E-state index in [4.69, 9.17) is 9.79 Å². The second kappa shape index (κ2) is 3.70. The highest BCUT2D eigenvalue weighted by atomic mass is 31.2. The molecule has 1 rings (SSSR count). The van der Waals surface area contributed by atoms with Crippen LogP contribution in [0.15, 0.2) is 0 Å². The maximum atomic E-state index is 10.8. The summed E-state index contributed by atoms with van der Waals surface area (Å²) in [4.78, 5) is 17.7. The standard InChI is InChI=1S/C7H14O3P/c8-11(9,10)7-5-3-1-2-4-6-7/h3,7H,1-2,4-6H2,(H2,8,9,10). The molecule has 1 unspecified atom stereocenters. The predicted octanol–water partition coefficient (Wildman–Crippen LogP) is 1.70. The first kappa shape index (κ1) is 9.24. The highest BCUT2D eigenvalue weighted by Crippen LogP contribution is 2.46. The highest BCUT2D eigenvalue weighted by Gasteiger charge is 2.28. The average molecular weight is 177 g/mol. The van der Waals surface area contributed by atoms with Gasteiger partial charge in [-0.3, -0.25) is 4.57 Å². The fraction of sp³-hybridized carbons (Fsp3) is 0.857. The Morgan fingerprint density at radius 2 is 2.09 bits per heavy atom. The zero-order valence-electron chi connectivity index (χ0n) is 6.44. The van der Waals surface area contributed by atoms with Crippen molar-refractivity contribution in [2.75, 3.05) is 0 Å². The SMILES string of the molecule is O=P(O)(O)C1C[CH]CCCC1. The predicted molar refractivity (Wildman–Crippen MR) is 43.2 cm³/mol. The van der Waals surface area contributed by atoms with Gasteiger partial charge in [0.1, 0.15) is 0 Å². The Labute approximate surface area is 67.0 Å².